The molecule has 0 unspecified atom stereocenters. The van der Waals surface area contributed by atoms with E-state index in [-0.39, 0.29) is 74.4 Å². The second kappa shape index (κ2) is 28.8. The van der Waals surface area contributed by atoms with Crippen molar-refractivity contribution in [2.45, 2.75) is 102 Å². The molecule has 0 saturated carbocycles. The number of aliphatic imine (C=N–C) groups is 3. The summed E-state index contributed by atoms with van der Waals surface area (Å²) in [7, 11) is 4.93. The van der Waals surface area contributed by atoms with Crippen molar-refractivity contribution in [2.75, 3.05) is 60.8 Å². The van der Waals surface area contributed by atoms with Gasteiger partial charge in [0.05, 0.1) is 39.5 Å². The summed E-state index contributed by atoms with van der Waals surface area (Å²) >= 11 is 0. The van der Waals surface area contributed by atoms with Gasteiger partial charge in [0.15, 0.2) is 0 Å². The van der Waals surface area contributed by atoms with Crippen LogP contribution >= 0.6 is 0 Å². The molecule has 1 radical (unpaired) electrons. The van der Waals surface area contributed by atoms with Crippen molar-refractivity contribution in [2.24, 2.45) is 31.2 Å². The number of rotatable bonds is 15. The Labute approximate surface area is 315 Å². The van der Waals surface area contributed by atoms with Crippen LogP contribution < -0.4 is 15.3 Å². The van der Waals surface area contributed by atoms with Gasteiger partial charge in [-0.2, -0.15) is 0 Å². The minimum absolute atomic E-state index is 0. The van der Waals surface area contributed by atoms with Gasteiger partial charge >= 0.3 is 40.8 Å². The van der Waals surface area contributed by atoms with Crippen molar-refractivity contribution < 1.29 is 70.4 Å². The van der Waals surface area contributed by atoms with Crippen LogP contribution in [0.1, 0.15) is 102 Å². The van der Waals surface area contributed by atoms with E-state index in [9.17, 15) is 15.3 Å². The third kappa shape index (κ3) is 30.2. The number of allylic oxidation sites excluding steroid dienone is 6. The zero-order chi connectivity index (χ0) is 35.7. The first-order valence-corrected chi connectivity index (χ1v) is 16.0. The molecule has 0 aliphatic rings. The number of nitrogens with zero attached hydrogens (tertiary/aromatic N) is 3. The third-order valence-corrected chi connectivity index (χ3v) is 6.03. The molecule has 265 valence electrons. The molecule has 9 nitrogen and oxygen atoms in total. The molecule has 0 bridgehead atoms. The number of methoxy groups -OCH3 is 3. The maximum atomic E-state index is 11.7. The van der Waals surface area contributed by atoms with E-state index in [4.69, 9.17) is 14.2 Å². The maximum Gasteiger partial charge on any atom is 3.00 e. The van der Waals surface area contributed by atoms with E-state index < -0.39 is 0 Å². The Hall–Kier alpha value is -1.14. The Morgan fingerprint density at radius 3 is 0.804 bits per heavy atom. The molecule has 0 spiro atoms. The van der Waals surface area contributed by atoms with Gasteiger partial charge in [-0.1, -0.05) is 101 Å². The van der Waals surface area contributed by atoms with Crippen LogP contribution in [0.2, 0.25) is 0 Å². The van der Waals surface area contributed by atoms with E-state index in [1.54, 1.807) is 39.6 Å². The predicted molar refractivity (Wildman–Crippen MR) is 186 cm³/mol. The second-order valence-electron chi connectivity index (χ2n) is 13.4. The molecule has 0 heterocycles. The summed E-state index contributed by atoms with van der Waals surface area (Å²) in [4.78, 5) is 12.9. The summed E-state index contributed by atoms with van der Waals surface area (Å²) in [5, 5.41) is 35.1. The Balaban J connectivity index is -0.000000285. The molecule has 46 heavy (non-hydrogen) atoms. The fourth-order valence-electron chi connectivity index (χ4n) is 2.72. The van der Waals surface area contributed by atoms with Gasteiger partial charge in [0.1, 0.15) is 0 Å². The fraction of sp³-hybridized carbons (Fsp3) is 0.750. The van der Waals surface area contributed by atoms with E-state index in [1.165, 1.54) is 0 Å². The molecule has 0 aromatic carbocycles. The zero-order valence-corrected chi connectivity index (χ0v) is 35.1. The van der Waals surface area contributed by atoms with Gasteiger partial charge in [0.2, 0.25) is 0 Å². The van der Waals surface area contributed by atoms with Crippen molar-refractivity contribution in [3.63, 3.8) is 0 Å². The summed E-state index contributed by atoms with van der Waals surface area (Å²) in [6.07, 6.45) is 7.30. The minimum atomic E-state index is -0.322. The van der Waals surface area contributed by atoms with Crippen LogP contribution in [0.25, 0.3) is 0 Å². The summed E-state index contributed by atoms with van der Waals surface area (Å²) in [6.45, 7) is 26.8. The molecule has 0 atom stereocenters. The largest absolute Gasteiger partial charge is 3.00 e. The SMILES string of the molecule is CCC(/C=C(\[O-])C(C)(C)C)=NCCOC.CCC(/C=C(\[O-])C(C)(C)C)=NCCOC.CCC(/C=C(\[O-])C(C)(C)C)=NCCOC.[Nd+3]. The Morgan fingerprint density at radius 2 is 0.674 bits per heavy atom. The molecule has 0 saturated heterocycles. The number of hydrogen-bond donors (Lipinski definition) is 0. The summed E-state index contributed by atoms with van der Waals surface area (Å²) in [5.74, 6) is 0.376. The van der Waals surface area contributed by atoms with Crippen LogP contribution in [0.4, 0.5) is 0 Å². The Morgan fingerprint density at radius 1 is 0.478 bits per heavy atom. The smallest absolute Gasteiger partial charge is 0.875 e. The van der Waals surface area contributed by atoms with E-state index in [1.807, 2.05) is 83.1 Å². The molecule has 0 aliphatic heterocycles. The zero-order valence-electron chi connectivity index (χ0n) is 31.9. The van der Waals surface area contributed by atoms with Crippen LogP contribution in [0.5, 0.6) is 0 Å². The maximum absolute atomic E-state index is 11.7. The van der Waals surface area contributed by atoms with Crippen molar-refractivity contribution in [1.82, 2.24) is 0 Å². The first-order chi connectivity index (χ1) is 20.7. The van der Waals surface area contributed by atoms with Gasteiger partial charge in [0, 0.05) is 38.5 Å². The van der Waals surface area contributed by atoms with E-state index in [2.05, 4.69) is 15.0 Å². The number of ether oxygens (including phenoxy) is 3. The van der Waals surface area contributed by atoms with Crippen LogP contribution in [0, 0.1) is 57.1 Å². The van der Waals surface area contributed by atoms with Crippen LogP contribution in [0.3, 0.4) is 0 Å². The molecular weight excluding hydrogens is 715 g/mol. The van der Waals surface area contributed by atoms with Gasteiger partial charge in [-0.25, -0.2) is 0 Å². The molecule has 0 fully saturated rings. The average Bonchev–Trinajstić information content (AvgIpc) is 2.94. The molecule has 0 aromatic heterocycles. The van der Waals surface area contributed by atoms with Gasteiger partial charge in [-0.05, 0) is 35.5 Å². The normalized spacial score (nSPS) is 14.2. The number of hydrogen-bond acceptors (Lipinski definition) is 9. The average molecular weight is 781 g/mol. The molecule has 10 heteroatoms. The first-order valence-electron chi connectivity index (χ1n) is 16.0. The molecule has 0 amide bonds. The summed E-state index contributed by atoms with van der Waals surface area (Å²) in [5.41, 5.74) is 1.59. The van der Waals surface area contributed by atoms with Gasteiger partial charge in [-0.3, -0.25) is 15.0 Å². The van der Waals surface area contributed by atoms with Crippen molar-refractivity contribution in [3.05, 3.63) is 35.5 Å². The molecule has 0 aliphatic carbocycles. The fourth-order valence-corrected chi connectivity index (χ4v) is 2.72. The van der Waals surface area contributed by atoms with Gasteiger partial charge < -0.3 is 29.5 Å². The molecule has 0 aromatic rings. The molecule has 0 N–H and O–H groups in total. The van der Waals surface area contributed by atoms with Crippen molar-refractivity contribution in [3.8, 4) is 0 Å². The van der Waals surface area contributed by atoms with Crippen LogP contribution in [0.15, 0.2) is 50.5 Å². The Bertz CT molecular complexity index is 840. The summed E-state index contributed by atoms with van der Waals surface area (Å²) in [6, 6.07) is 0. The van der Waals surface area contributed by atoms with Gasteiger partial charge in [0.25, 0.3) is 0 Å². The van der Waals surface area contributed by atoms with E-state index in [0.717, 1.165) is 36.4 Å². The third-order valence-electron chi connectivity index (χ3n) is 6.03. The van der Waals surface area contributed by atoms with Crippen molar-refractivity contribution >= 4 is 17.1 Å². The molecule has 0 rings (SSSR count). The van der Waals surface area contributed by atoms with E-state index in [0.29, 0.717) is 39.5 Å². The summed E-state index contributed by atoms with van der Waals surface area (Å²) < 4.78 is 14.7. The first kappa shape index (κ1) is 51.7. The van der Waals surface area contributed by atoms with Crippen molar-refractivity contribution in [1.29, 1.82) is 0 Å². The molecular formula is C36H66N3NdO6. The minimum Gasteiger partial charge on any atom is -0.875 e. The van der Waals surface area contributed by atoms with Gasteiger partial charge in [-0.15, -0.1) is 17.3 Å². The Kier molecular flexibility index (Phi) is 32.4. The monoisotopic (exact) mass is 778 g/mol. The predicted octanol–water partition coefficient (Wildman–Crippen LogP) is 5.32. The van der Waals surface area contributed by atoms with Crippen LogP contribution in [-0.2, 0) is 14.2 Å². The van der Waals surface area contributed by atoms with Crippen LogP contribution in [-0.4, -0.2) is 77.9 Å². The standard InChI is InChI=1S/3C12H23NO2.Nd/c3*1-6-10(13-7-8-15-5)9-11(14)12(2,3)4;/h3*9,14H,6-8H2,1-5H3;/q;;;+3/p-3/b3*11-9-,13-10?;. The van der Waals surface area contributed by atoms with E-state index >= 15 is 0 Å². The topological polar surface area (TPSA) is 134 Å². The quantitative estimate of drug-likeness (QED) is 0.126. The second-order valence-corrected chi connectivity index (χ2v) is 13.4.